The molecule has 132 valence electrons. The van der Waals surface area contributed by atoms with Gasteiger partial charge in [0.1, 0.15) is 11.5 Å². The van der Waals surface area contributed by atoms with Gasteiger partial charge in [-0.2, -0.15) is 0 Å². The van der Waals surface area contributed by atoms with Gasteiger partial charge < -0.3 is 14.8 Å². The lowest BCUT2D eigenvalue weighted by Crippen LogP contribution is -2.28. The molecule has 0 spiro atoms. The van der Waals surface area contributed by atoms with Crippen LogP contribution in [0.2, 0.25) is 5.02 Å². The number of nitrogens with one attached hydrogen (secondary N) is 1. The van der Waals surface area contributed by atoms with E-state index in [0.29, 0.717) is 5.75 Å². The average Bonchev–Trinajstić information content (AvgIpc) is 3.42. The summed E-state index contributed by atoms with van der Waals surface area (Å²) in [4.78, 5) is 12.6. The second-order valence-corrected chi connectivity index (χ2v) is 6.72. The third kappa shape index (κ3) is 3.74. The molecule has 0 radical (unpaired) electrons. The summed E-state index contributed by atoms with van der Waals surface area (Å²) in [5.41, 5.74) is 1.98. The van der Waals surface area contributed by atoms with Crippen LogP contribution < -0.4 is 14.8 Å². The molecule has 0 heterocycles. The highest BCUT2D eigenvalue weighted by Crippen LogP contribution is 2.49. The smallest absolute Gasteiger partial charge is 0.224 e. The van der Waals surface area contributed by atoms with E-state index in [1.54, 1.807) is 14.2 Å². The number of halogens is 1. The fourth-order valence-corrected chi connectivity index (χ4v) is 3.45. The molecule has 0 aromatic heterocycles. The summed E-state index contributed by atoms with van der Waals surface area (Å²) in [5.74, 6) is 1.66. The number of ether oxygens (including phenoxy) is 2. The molecule has 5 heteroatoms. The van der Waals surface area contributed by atoms with Crippen LogP contribution in [-0.4, -0.2) is 20.1 Å². The maximum Gasteiger partial charge on any atom is 0.224 e. The number of hydrogen-bond acceptors (Lipinski definition) is 3. The van der Waals surface area contributed by atoms with Gasteiger partial charge in [0, 0.05) is 22.6 Å². The van der Waals surface area contributed by atoms with E-state index in [4.69, 9.17) is 21.1 Å². The molecule has 3 rings (SSSR count). The second-order valence-electron chi connectivity index (χ2n) is 6.31. The molecule has 3 atom stereocenters. The molecular formula is C20H22ClNO3. The van der Waals surface area contributed by atoms with Crippen LogP contribution in [0.1, 0.15) is 36.4 Å². The van der Waals surface area contributed by atoms with Crippen LogP contribution in [0.3, 0.4) is 0 Å². The molecular weight excluding hydrogens is 338 g/mol. The predicted molar refractivity (Wildman–Crippen MR) is 98.4 cm³/mol. The lowest BCUT2D eigenvalue weighted by atomic mass is 10.1. The number of amides is 1. The van der Waals surface area contributed by atoms with E-state index in [1.165, 1.54) is 0 Å². The van der Waals surface area contributed by atoms with Crippen molar-refractivity contribution in [2.24, 2.45) is 5.92 Å². The monoisotopic (exact) mass is 359 g/mol. The zero-order valence-corrected chi connectivity index (χ0v) is 15.3. The molecule has 2 aromatic rings. The summed E-state index contributed by atoms with van der Waals surface area (Å²) < 4.78 is 10.6. The van der Waals surface area contributed by atoms with Crippen molar-refractivity contribution in [3.8, 4) is 11.5 Å². The van der Waals surface area contributed by atoms with Gasteiger partial charge >= 0.3 is 0 Å². The highest BCUT2D eigenvalue weighted by molar-refractivity contribution is 6.31. The largest absolute Gasteiger partial charge is 0.497 e. The standard InChI is InChI=1S/C20H22ClNO3/c1-12(14-9-8-13(24-2)10-19(14)25-3)22-20(23)17-11-16(17)15-6-4-5-7-18(15)21/h4-10,12,16-17H,11H2,1-3H3,(H,22,23). The average molecular weight is 360 g/mol. The highest BCUT2D eigenvalue weighted by atomic mass is 35.5. The van der Waals surface area contributed by atoms with Gasteiger partial charge in [-0.1, -0.05) is 29.8 Å². The molecule has 1 fully saturated rings. The Balaban J connectivity index is 1.67. The van der Waals surface area contributed by atoms with Crippen molar-refractivity contribution in [2.45, 2.75) is 25.3 Å². The van der Waals surface area contributed by atoms with Gasteiger partial charge in [-0.05, 0) is 43.0 Å². The number of carbonyl (C=O) groups is 1. The first-order valence-corrected chi connectivity index (χ1v) is 8.69. The minimum atomic E-state index is -0.152. The zero-order valence-electron chi connectivity index (χ0n) is 14.6. The van der Waals surface area contributed by atoms with Crippen LogP contribution in [0.25, 0.3) is 0 Å². The van der Waals surface area contributed by atoms with E-state index in [2.05, 4.69) is 5.32 Å². The molecule has 3 unspecified atom stereocenters. The Morgan fingerprint density at radius 1 is 1.20 bits per heavy atom. The van der Waals surface area contributed by atoms with Crippen molar-refractivity contribution in [3.05, 3.63) is 58.6 Å². The fourth-order valence-electron chi connectivity index (χ4n) is 3.18. The predicted octanol–water partition coefficient (Wildman–Crippen LogP) is 4.34. The minimum Gasteiger partial charge on any atom is -0.497 e. The first-order valence-electron chi connectivity index (χ1n) is 8.32. The quantitative estimate of drug-likeness (QED) is 0.834. The van der Waals surface area contributed by atoms with Crippen molar-refractivity contribution in [3.63, 3.8) is 0 Å². The molecule has 1 saturated carbocycles. The fraction of sp³-hybridized carbons (Fsp3) is 0.350. The number of methoxy groups -OCH3 is 2. The van der Waals surface area contributed by atoms with Crippen LogP contribution in [0.4, 0.5) is 0 Å². The Hall–Kier alpha value is -2.20. The van der Waals surface area contributed by atoms with Gasteiger partial charge in [0.25, 0.3) is 0 Å². The van der Waals surface area contributed by atoms with E-state index in [0.717, 1.165) is 28.3 Å². The maximum absolute atomic E-state index is 12.6. The van der Waals surface area contributed by atoms with Crippen molar-refractivity contribution >= 4 is 17.5 Å². The van der Waals surface area contributed by atoms with Crippen LogP contribution in [0.5, 0.6) is 11.5 Å². The van der Waals surface area contributed by atoms with Gasteiger partial charge in [0.2, 0.25) is 5.91 Å². The molecule has 1 aliphatic rings. The Morgan fingerprint density at radius 2 is 1.96 bits per heavy atom. The summed E-state index contributed by atoms with van der Waals surface area (Å²) in [7, 11) is 3.22. The lowest BCUT2D eigenvalue weighted by molar-refractivity contribution is -0.123. The maximum atomic E-state index is 12.6. The zero-order chi connectivity index (χ0) is 18.0. The van der Waals surface area contributed by atoms with E-state index in [1.807, 2.05) is 49.4 Å². The van der Waals surface area contributed by atoms with Crippen molar-refractivity contribution < 1.29 is 14.3 Å². The molecule has 1 amide bonds. The van der Waals surface area contributed by atoms with Gasteiger partial charge in [-0.3, -0.25) is 4.79 Å². The molecule has 4 nitrogen and oxygen atoms in total. The van der Waals surface area contributed by atoms with Crippen molar-refractivity contribution in [1.29, 1.82) is 0 Å². The molecule has 1 N–H and O–H groups in total. The van der Waals surface area contributed by atoms with Crippen molar-refractivity contribution in [2.75, 3.05) is 14.2 Å². The number of rotatable bonds is 6. The van der Waals surface area contributed by atoms with Gasteiger partial charge in [0.05, 0.1) is 20.3 Å². The third-order valence-electron chi connectivity index (χ3n) is 4.70. The third-order valence-corrected chi connectivity index (χ3v) is 5.04. The molecule has 2 aromatic carbocycles. The molecule has 0 saturated heterocycles. The molecule has 25 heavy (non-hydrogen) atoms. The SMILES string of the molecule is COc1ccc(C(C)NC(=O)C2CC2c2ccccc2Cl)c(OC)c1. The number of benzene rings is 2. The number of hydrogen-bond donors (Lipinski definition) is 1. The van der Waals surface area contributed by atoms with E-state index >= 15 is 0 Å². The Labute approximate surface area is 153 Å². The number of carbonyl (C=O) groups excluding carboxylic acids is 1. The molecule has 1 aliphatic carbocycles. The van der Waals surface area contributed by atoms with Crippen LogP contribution >= 0.6 is 11.6 Å². The normalized spacial score (nSPS) is 19.8. The summed E-state index contributed by atoms with van der Waals surface area (Å²) in [6.07, 6.45) is 0.835. The summed E-state index contributed by atoms with van der Waals surface area (Å²) in [6.45, 7) is 1.95. The summed E-state index contributed by atoms with van der Waals surface area (Å²) in [6, 6.07) is 13.2. The van der Waals surface area contributed by atoms with E-state index in [9.17, 15) is 4.79 Å². The van der Waals surface area contributed by atoms with E-state index in [-0.39, 0.29) is 23.8 Å². The Bertz CT molecular complexity index is 777. The summed E-state index contributed by atoms with van der Waals surface area (Å²) >= 11 is 6.24. The Morgan fingerprint density at radius 3 is 2.64 bits per heavy atom. The molecule has 0 bridgehead atoms. The summed E-state index contributed by atoms with van der Waals surface area (Å²) in [5, 5.41) is 3.82. The van der Waals surface area contributed by atoms with Gasteiger partial charge in [0.15, 0.2) is 0 Å². The van der Waals surface area contributed by atoms with Gasteiger partial charge in [-0.15, -0.1) is 0 Å². The van der Waals surface area contributed by atoms with Crippen LogP contribution in [0.15, 0.2) is 42.5 Å². The topological polar surface area (TPSA) is 47.6 Å². The van der Waals surface area contributed by atoms with Crippen LogP contribution in [0, 0.1) is 5.92 Å². The second kappa shape index (κ2) is 7.36. The van der Waals surface area contributed by atoms with Crippen LogP contribution in [-0.2, 0) is 4.79 Å². The Kier molecular flexibility index (Phi) is 5.19. The van der Waals surface area contributed by atoms with E-state index < -0.39 is 0 Å². The van der Waals surface area contributed by atoms with Crippen molar-refractivity contribution in [1.82, 2.24) is 5.32 Å². The minimum absolute atomic E-state index is 0.0217. The molecule has 0 aliphatic heterocycles. The first-order chi connectivity index (χ1) is 12.0. The lowest BCUT2D eigenvalue weighted by Gasteiger charge is -2.18. The first kappa shape index (κ1) is 17.6. The highest BCUT2D eigenvalue weighted by Gasteiger charge is 2.45. The van der Waals surface area contributed by atoms with Gasteiger partial charge in [-0.25, -0.2) is 0 Å².